The highest BCUT2D eigenvalue weighted by Gasteiger charge is 2.30. The molecule has 11 heteroatoms. The van der Waals surface area contributed by atoms with Crippen LogP contribution in [0.25, 0.3) is 0 Å². The van der Waals surface area contributed by atoms with Gasteiger partial charge in [0.1, 0.15) is 9.96 Å². The number of anilines is 1. The van der Waals surface area contributed by atoms with Crippen LogP contribution in [-0.4, -0.2) is 75.9 Å². The molecule has 0 aliphatic carbocycles. The number of thiophene rings is 1. The molecule has 1 aliphatic heterocycles. The zero-order chi connectivity index (χ0) is 27.0. The zero-order valence-electron chi connectivity index (χ0n) is 22.0. The van der Waals surface area contributed by atoms with Crippen molar-refractivity contribution < 1.29 is 27.8 Å². The molecule has 0 saturated heterocycles. The number of aliphatic hydroxyl groups is 1. The van der Waals surface area contributed by atoms with Crippen LogP contribution in [0.1, 0.15) is 50.4 Å². The van der Waals surface area contributed by atoms with Crippen molar-refractivity contribution in [1.82, 2.24) is 10.2 Å². The van der Waals surface area contributed by atoms with Crippen LogP contribution in [0.2, 0.25) is 0 Å². The van der Waals surface area contributed by atoms with Crippen molar-refractivity contribution in [2.75, 3.05) is 38.1 Å². The molecular weight excluding hydrogens is 514 g/mol. The molecule has 2 aromatic rings. The van der Waals surface area contributed by atoms with Crippen LogP contribution in [0, 0.1) is 5.92 Å². The third-order valence-corrected chi connectivity index (χ3v) is 9.25. The number of hydrogen-bond donors (Lipinski definition) is 3. The van der Waals surface area contributed by atoms with Gasteiger partial charge in [-0.3, -0.25) is 9.52 Å². The summed E-state index contributed by atoms with van der Waals surface area (Å²) in [6, 6.07) is 7.49. The van der Waals surface area contributed by atoms with Crippen LogP contribution < -0.4 is 14.8 Å². The smallest absolute Gasteiger partial charge is 0.271 e. The molecule has 2 heterocycles. The number of likely N-dealkylation sites (N-methyl/N-ethyl adjacent to an activating group) is 1. The third-order valence-electron chi connectivity index (χ3n) is 6.47. The number of carbonyl (C=O) groups excluding carboxylic acids is 1. The molecular formula is C26H39N3O6S2. The Kier molecular flexibility index (Phi) is 10.8. The number of hydrogen-bond acceptors (Lipinski definition) is 8. The van der Waals surface area contributed by atoms with E-state index in [0.29, 0.717) is 25.4 Å². The Balaban J connectivity index is 2.01. The predicted octanol–water partition coefficient (Wildman–Crippen LogP) is 3.56. The molecule has 9 nitrogen and oxygen atoms in total. The first-order valence-corrected chi connectivity index (χ1v) is 15.1. The predicted molar refractivity (Wildman–Crippen MR) is 146 cm³/mol. The largest absolute Gasteiger partial charge is 0.490 e. The number of carbonyl (C=O) groups is 1. The lowest BCUT2D eigenvalue weighted by Crippen LogP contribution is -2.47. The summed E-state index contributed by atoms with van der Waals surface area (Å²) in [7, 11) is -1.92. The fourth-order valence-corrected chi connectivity index (χ4v) is 6.34. The molecule has 3 rings (SSSR count). The lowest BCUT2D eigenvalue weighted by atomic mass is 10.0. The average molecular weight is 554 g/mol. The van der Waals surface area contributed by atoms with Crippen molar-refractivity contribution in [2.24, 2.45) is 5.92 Å². The SMILES string of the molecule is CNC[C@@H]1OCCCC[C@H](C)Oc2ccc(NS(=O)(=O)c3cccs3)cc2C(=O)N([C@H](C)CO)C[C@@H]1C. The van der Waals surface area contributed by atoms with Crippen LogP contribution in [0.4, 0.5) is 5.69 Å². The van der Waals surface area contributed by atoms with E-state index in [-0.39, 0.29) is 46.1 Å². The van der Waals surface area contributed by atoms with Crippen LogP contribution in [-0.2, 0) is 14.8 Å². The minimum absolute atomic E-state index is 0.0165. The number of amides is 1. The first kappa shape index (κ1) is 29.4. The monoisotopic (exact) mass is 553 g/mol. The molecule has 0 bridgehead atoms. The Bertz CT molecular complexity index is 1110. The van der Waals surface area contributed by atoms with E-state index < -0.39 is 16.1 Å². The van der Waals surface area contributed by atoms with E-state index in [1.807, 2.05) is 20.9 Å². The highest BCUT2D eigenvalue weighted by atomic mass is 32.2. The summed E-state index contributed by atoms with van der Waals surface area (Å²) in [6.07, 6.45) is 2.33. The first-order valence-electron chi connectivity index (χ1n) is 12.7. The Labute approximate surface area is 224 Å². The van der Waals surface area contributed by atoms with Gasteiger partial charge in [-0.15, -0.1) is 11.3 Å². The highest BCUT2D eigenvalue weighted by molar-refractivity contribution is 7.94. The van der Waals surface area contributed by atoms with Crippen LogP contribution in [0.3, 0.4) is 0 Å². The highest BCUT2D eigenvalue weighted by Crippen LogP contribution is 2.30. The van der Waals surface area contributed by atoms with E-state index in [2.05, 4.69) is 10.0 Å². The van der Waals surface area contributed by atoms with Gasteiger partial charge in [-0.1, -0.05) is 13.0 Å². The van der Waals surface area contributed by atoms with Crippen LogP contribution in [0.15, 0.2) is 39.9 Å². The van der Waals surface area contributed by atoms with Gasteiger partial charge < -0.3 is 24.8 Å². The maximum absolute atomic E-state index is 14.0. The second kappa shape index (κ2) is 13.6. The van der Waals surface area contributed by atoms with E-state index in [9.17, 15) is 18.3 Å². The van der Waals surface area contributed by atoms with Gasteiger partial charge in [0, 0.05) is 31.3 Å². The van der Waals surface area contributed by atoms with Crippen LogP contribution in [0.5, 0.6) is 5.75 Å². The number of aliphatic hydroxyl groups excluding tert-OH is 1. The van der Waals surface area contributed by atoms with Gasteiger partial charge in [0.2, 0.25) is 0 Å². The molecule has 1 aromatic heterocycles. The number of benzene rings is 1. The van der Waals surface area contributed by atoms with E-state index >= 15 is 0 Å². The molecule has 4 atom stereocenters. The Morgan fingerprint density at radius 1 is 1.24 bits per heavy atom. The van der Waals surface area contributed by atoms with Crippen LogP contribution >= 0.6 is 11.3 Å². The number of ether oxygens (including phenoxy) is 2. The van der Waals surface area contributed by atoms with Gasteiger partial charge in [-0.2, -0.15) is 0 Å². The topological polar surface area (TPSA) is 117 Å². The molecule has 1 amide bonds. The fraction of sp³-hybridized carbons (Fsp3) is 0.577. The summed E-state index contributed by atoms with van der Waals surface area (Å²) >= 11 is 1.11. The summed E-state index contributed by atoms with van der Waals surface area (Å²) in [5.41, 5.74) is 0.507. The normalized spacial score (nSPS) is 23.0. The van der Waals surface area contributed by atoms with Gasteiger partial charge in [-0.25, -0.2) is 8.42 Å². The second-order valence-corrected chi connectivity index (χ2v) is 12.5. The third kappa shape index (κ3) is 7.90. The molecule has 3 N–H and O–H groups in total. The molecule has 0 fully saturated rings. The summed E-state index contributed by atoms with van der Waals surface area (Å²) in [5, 5.41) is 14.8. The average Bonchev–Trinajstić information content (AvgIpc) is 3.42. The molecule has 0 spiro atoms. The summed E-state index contributed by atoms with van der Waals surface area (Å²) in [4.78, 5) is 15.6. The van der Waals surface area contributed by atoms with E-state index in [0.717, 1.165) is 30.6 Å². The van der Waals surface area contributed by atoms with Crippen molar-refractivity contribution in [2.45, 2.75) is 62.5 Å². The van der Waals surface area contributed by atoms with Crippen molar-refractivity contribution in [3.05, 3.63) is 41.3 Å². The lowest BCUT2D eigenvalue weighted by molar-refractivity contribution is -0.000450. The van der Waals surface area contributed by atoms with E-state index in [1.165, 1.54) is 12.1 Å². The Morgan fingerprint density at radius 3 is 2.70 bits per heavy atom. The molecule has 37 heavy (non-hydrogen) atoms. The summed E-state index contributed by atoms with van der Waals surface area (Å²) in [6.45, 7) is 7.17. The minimum atomic E-state index is -3.79. The maximum atomic E-state index is 14.0. The first-order chi connectivity index (χ1) is 17.7. The molecule has 1 aliphatic rings. The summed E-state index contributed by atoms with van der Waals surface area (Å²) in [5.74, 6) is 0.0321. The molecule has 0 unspecified atom stereocenters. The van der Waals surface area contributed by atoms with Gasteiger partial charge >= 0.3 is 0 Å². The van der Waals surface area contributed by atoms with Crippen molar-refractivity contribution in [1.29, 1.82) is 0 Å². The number of rotatable bonds is 7. The Morgan fingerprint density at radius 2 is 2.03 bits per heavy atom. The molecule has 0 radical (unpaired) electrons. The Hall–Kier alpha value is -2.18. The zero-order valence-corrected chi connectivity index (χ0v) is 23.6. The molecule has 0 saturated carbocycles. The quantitative estimate of drug-likeness (QED) is 0.480. The fourth-order valence-electron chi connectivity index (χ4n) is 4.30. The van der Waals surface area contributed by atoms with E-state index in [1.54, 1.807) is 35.4 Å². The van der Waals surface area contributed by atoms with Gasteiger partial charge in [-0.05, 0) is 69.8 Å². The number of nitrogens with one attached hydrogen (secondary N) is 2. The molecule has 206 valence electrons. The van der Waals surface area contributed by atoms with Gasteiger partial charge in [0.05, 0.1) is 30.4 Å². The minimum Gasteiger partial charge on any atom is -0.490 e. The van der Waals surface area contributed by atoms with Gasteiger partial charge in [0.25, 0.3) is 15.9 Å². The lowest BCUT2D eigenvalue weighted by Gasteiger charge is -2.34. The van der Waals surface area contributed by atoms with Crippen molar-refractivity contribution >= 4 is 33.0 Å². The number of fused-ring (bicyclic) bond motifs is 1. The van der Waals surface area contributed by atoms with Crippen molar-refractivity contribution in [3.8, 4) is 5.75 Å². The maximum Gasteiger partial charge on any atom is 0.271 e. The number of sulfonamides is 1. The van der Waals surface area contributed by atoms with Gasteiger partial charge in [0.15, 0.2) is 0 Å². The summed E-state index contributed by atoms with van der Waals surface area (Å²) < 4.78 is 40.8. The second-order valence-electron chi connectivity index (χ2n) is 9.61. The standard InChI is InChI=1S/C26H39N3O6S2/c1-18-16-29(19(2)17-30)26(31)22-14-21(28-37(32,33)25-9-7-13-36-25)10-11-23(22)35-20(3)8-5-6-12-34-24(18)15-27-4/h7,9-11,13-14,18-20,24,27-28,30H,5-6,8,12,15-17H2,1-4H3/t18-,19+,20-,24-/m0/s1. The molecule has 1 aromatic carbocycles. The van der Waals surface area contributed by atoms with Crippen molar-refractivity contribution in [3.63, 3.8) is 0 Å². The number of nitrogens with zero attached hydrogens (tertiary/aromatic N) is 1. The van der Waals surface area contributed by atoms with E-state index in [4.69, 9.17) is 9.47 Å².